The van der Waals surface area contributed by atoms with Gasteiger partial charge in [-0.2, -0.15) is 5.10 Å². The van der Waals surface area contributed by atoms with E-state index in [4.69, 9.17) is 10.7 Å². The van der Waals surface area contributed by atoms with E-state index < -0.39 is 5.91 Å². The monoisotopic (exact) mass is 463 g/mol. The Bertz CT molecular complexity index is 1540. The van der Waals surface area contributed by atoms with E-state index in [0.29, 0.717) is 5.56 Å². The lowest BCUT2D eigenvalue weighted by Crippen LogP contribution is -2.13. The smallest absolute Gasteiger partial charge is 0.248 e. The van der Waals surface area contributed by atoms with Crippen molar-refractivity contribution in [3.63, 3.8) is 0 Å². The van der Waals surface area contributed by atoms with Gasteiger partial charge in [-0.3, -0.25) is 14.5 Å². The van der Waals surface area contributed by atoms with Crippen LogP contribution < -0.4 is 5.73 Å². The number of benzene rings is 2. The third-order valence-electron chi connectivity index (χ3n) is 7.49. The zero-order chi connectivity index (χ0) is 23.9. The Morgan fingerprint density at radius 3 is 2.51 bits per heavy atom. The van der Waals surface area contributed by atoms with Crippen molar-refractivity contribution in [2.24, 2.45) is 18.7 Å². The predicted molar refractivity (Wildman–Crippen MR) is 140 cm³/mol. The van der Waals surface area contributed by atoms with Crippen molar-refractivity contribution < 1.29 is 4.79 Å². The molecule has 5 aromatic rings. The number of nitrogens with two attached hydrogens (primary N) is 1. The van der Waals surface area contributed by atoms with Crippen molar-refractivity contribution >= 4 is 27.7 Å². The molecule has 0 saturated heterocycles. The topological polar surface area (TPSA) is 78.7 Å². The van der Waals surface area contributed by atoms with Gasteiger partial charge in [0.1, 0.15) is 0 Å². The molecule has 176 valence electrons. The largest absolute Gasteiger partial charge is 0.366 e. The first kappa shape index (κ1) is 21.6. The molecule has 1 amide bonds. The molecule has 0 aliphatic heterocycles. The fourth-order valence-corrected chi connectivity index (χ4v) is 5.59. The average Bonchev–Trinajstić information content (AvgIpc) is 3.47. The van der Waals surface area contributed by atoms with Crippen LogP contribution in [0, 0.1) is 5.92 Å². The van der Waals surface area contributed by atoms with E-state index in [2.05, 4.69) is 40.1 Å². The Kier molecular flexibility index (Phi) is 5.36. The summed E-state index contributed by atoms with van der Waals surface area (Å²) in [4.78, 5) is 16.7. The van der Waals surface area contributed by atoms with Crippen LogP contribution in [0.4, 0.5) is 0 Å². The zero-order valence-corrected chi connectivity index (χ0v) is 19.9. The molecule has 3 aromatic heterocycles. The fraction of sp³-hybridized carbons (Fsp3) is 0.276. The maximum Gasteiger partial charge on any atom is 0.248 e. The molecule has 6 heteroatoms. The molecular formula is C29H29N5O. The SMILES string of the molecule is Cn1ncc2cc(-c3ncc4c(ccn4CC4CCCCC4)c3-c3ccc(C(N)=O)cc3)ccc21. The van der Waals surface area contributed by atoms with Crippen LogP contribution in [0.1, 0.15) is 42.5 Å². The Balaban J connectivity index is 1.51. The van der Waals surface area contributed by atoms with Crippen molar-refractivity contribution in [2.75, 3.05) is 0 Å². The number of carbonyl (C=O) groups is 1. The summed E-state index contributed by atoms with van der Waals surface area (Å²) in [6.07, 6.45) is 12.7. The van der Waals surface area contributed by atoms with Gasteiger partial charge in [-0.15, -0.1) is 0 Å². The second-order valence-electron chi connectivity index (χ2n) is 9.74. The van der Waals surface area contributed by atoms with Crippen LogP contribution in [0.15, 0.2) is 67.1 Å². The molecule has 6 rings (SSSR count). The van der Waals surface area contributed by atoms with Crippen molar-refractivity contribution in [3.05, 3.63) is 72.7 Å². The summed E-state index contributed by atoms with van der Waals surface area (Å²) >= 11 is 0. The van der Waals surface area contributed by atoms with Gasteiger partial charge in [-0.1, -0.05) is 37.5 Å². The van der Waals surface area contributed by atoms with E-state index in [-0.39, 0.29) is 0 Å². The number of aryl methyl sites for hydroxylation is 1. The molecule has 35 heavy (non-hydrogen) atoms. The summed E-state index contributed by atoms with van der Waals surface area (Å²) in [6, 6.07) is 16.1. The molecule has 0 spiro atoms. The van der Waals surface area contributed by atoms with Gasteiger partial charge < -0.3 is 10.3 Å². The van der Waals surface area contributed by atoms with Gasteiger partial charge in [0.25, 0.3) is 0 Å². The van der Waals surface area contributed by atoms with Gasteiger partial charge in [-0.05, 0) is 54.7 Å². The summed E-state index contributed by atoms with van der Waals surface area (Å²) in [5.41, 5.74) is 12.3. The normalized spacial score (nSPS) is 14.7. The van der Waals surface area contributed by atoms with Crippen molar-refractivity contribution in [2.45, 2.75) is 38.6 Å². The van der Waals surface area contributed by atoms with E-state index in [1.807, 2.05) is 36.3 Å². The molecule has 2 N–H and O–H groups in total. The molecule has 0 atom stereocenters. The number of rotatable bonds is 5. The molecule has 1 saturated carbocycles. The molecule has 0 radical (unpaired) electrons. The number of fused-ring (bicyclic) bond motifs is 2. The Hall–Kier alpha value is -3.93. The number of hydrogen-bond donors (Lipinski definition) is 1. The Morgan fingerprint density at radius 1 is 0.971 bits per heavy atom. The summed E-state index contributed by atoms with van der Waals surface area (Å²) in [7, 11) is 1.95. The molecule has 3 heterocycles. The van der Waals surface area contributed by atoms with Crippen LogP contribution in [0.5, 0.6) is 0 Å². The van der Waals surface area contributed by atoms with E-state index in [1.54, 1.807) is 12.1 Å². The molecule has 6 nitrogen and oxygen atoms in total. The first-order valence-corrected chi connectivity index (χ1v) is 12.4. The second kappa shape index (κ2) is 8.69. The van der Waals surface area contributed by atoms with Crippen LogP contribution >= 0.6 is 0 Å². The highest BCUT2D eigenvalue weighted by Gasteiger charge is 2.19. The maximum atomic E-state index is 11.7. The minimum atomic E-state index is -0.422. The van der Waals surface area contributed by atoms with Crippen LogP contribution in [0.3, 0.4) is 0 Å². The molecule has 1 fully saturated rings. The van der Waals surface area contributed by atoms with Gasteiger partial charge >= 0.3 is 0 Å². The first-order chi connectivity index (χ1) is 17.1. The lowest BCUT2D eigenvalue weighted by molar-refractivity contribution is 0.100. The van der Waals surface area contributed by atoms with Crippen molar-refractivity contribution in [3.8, 4) is 22.4 Å². The van der Waals surface area contributed by atoms with Gasteiger partial charge in [0.15, 0.2) is 0 Å². The number of primary amides is 1. The lowest BCUT2D eigenvalue weighted by atomic mass is 9.89. The summed E-state index contributed by atoms with van der Waals surface area (Å²) < 4.78 is 4.25. The number of pyridine rings is 1. The van der Waals surface area contributed by atoms with Gasteiger partial charge in [0.2, 0.25) is 5.91 Å². The van der Waals surface area contributed by atoms with E-state index in [1.165, 1.54) is 37.5 Å². The highest BCUT2D eigenvalue weighted by atomic mass is 16.1. The summed E-state index contributed by atoms with van der Waals surface area (Å²) in [6.45, 7) is 1.03. The number of aromatic nitrogens is 4. The third kappa shape index (κ3) is 3.89. The predicted octanol–water partition coefficient (Wildman–Crippen LogP) is 5.94. The van der Waals surface area contributed by atoms with E-state index in [0.717, 1.165) is 51.3 Å². The number of carbonyl (C=O) groups excluding carboxylic acids is 1. The number of amides is 1. The Morgan fingerprint density at radius 2 is 1.74 bits per heavy atom. The maximum absolute atomic E-state index is 11.7. The average molecular weight is 464 g/mol. The summed E-state index contributed by atoms with van der Waals surface area (Å²) in [5, 5.41) is 6.65. The van der Waals surface area contributed by atoms with Gasteiger partial charge in [0, 0.05) is 47.3 Å². The quantitative estimate of drug-likeness (QED) is 0.350. The number of nitrogens with zero attached hydrogens (tertiary/aromatic N) is 4. The molecule has 0 unspecified atom stereocenters. The second-order valence-corrected chi connectivity index (χ2v) is 9.74. The van der Waals surface area contributed by atoms with Crippen LogP contribution in [0.2, 0.25) is 0 Å². The van der Waals surface area contributed by atoms with E-state index in [9.17, 15) is 4.79 Å². The van der Waals surface area contributed by atoms with Crippen molar-refractivity contribution in [1.29, 1.82) is 0 Å². The van der Waals surface area contributed by atoms with Gasteiger partial charge in [0.05, 0.1) is 29.1 Å². The third-order valence-corrected chi connectivity index (χ3v) is 7.49. The zero-order valence-electron chi connectivity index (χ0n) is 19.9. The molecule has 0 bridgehead atoms. The van der Waals surface area contributed by atoms with Gasteiger partial charge in [-0.25, -0.2) is 0 Å². The Labute approximate surface area is 204 Å². The molecule has 1 aliphatic rings. The molecule has 1 aliphatic carbocycles. The minimum absolute atomic E-state index is 0.422. The van der Waals surface area contributed by atoms with Crippen LogP contribution in [0.25, 0.3) is 44.2 Å². The minimum Gasteiger partial charge on any atom is -0.366 e. The fourth-order valence-electron chi connectivity index (χ4n) is 5.59. The lowest BCUT2D eigenvalue weighted by Gasteiger charge is -2.22. The van der Waals surface area contributed by atoms with E-state index >= 15 is 0 Å². The standard InChI is InChI=1S/C29H29N5O/c1-33-25-12-11-22(15-23(25)16-32-33)28-27(20-7-9-21(10-8-20)29(30)35)24-13-14-34(26(24)17-31-28)18-19-5-3-2-4-6-19/h7-17,19H,2-6,18H2,1H3,(H2,30,35). The first-order valence-electron chi connectivity index (χ1n) is 12.4. The van der Waals surface area contributed by atoms with Crippen molar-refractivity contribution in [1.82, 2.24) is 19.3 Å². The van der Waals surface area contributed by atoms with Crippen LogP contribution in [-0.4, -0.2) is 25.2 Å². The molecule has 2 aromatic carbocycles. The molecular weight excluding hydrogens is 434 g/mol. The number of hydrogen-bond acceptors (Lipinski definition) is 3. The highest BCUT2D eigenvalue weighted by Crippen LogP contribution is 2.38. The van der Waals surface area contributed by atoms with Crippen LogP contribution in [-0.2, 0) is 13.6 Å². The highest BCUT2D eigenvalue weighted by molar-refractivity contribution is 6.03. The summed E-state index contributed by atoms with van der Waals surface area (Å²) in [5.74, 6) is 0.305.